The highest BCUT2D eigenvalue weighted by molar-refractivity contribution is 6.51. The van der Waals surface area contributed by atoms with Crippen molar-refractivity contribution in [2.24, 2.45) is 0 Å². The molecule has 0 saturated heterocycles. The molecule has 0 aromatic carbocycles. The maximum Gasteiger partial charge on any atom is 0.177 e. The van der Waals surface area contributed by atoms with Gasteiger partial charge in [0.05, 0.1) is 0 Å². The lowest BCUT2D eigenvalue weighted by atomic mass is 10.4. The first-order valence-corrected chi connectivity index (χ1v) is 6.52. The Balaban J connectivity index is 3.50. The van der Waals surface area contributed by atoms with E-state index in [9.17, 15) is 0 Å². The topological polar surface area (TPSA) is 9.23 Å². The molecule has 0 fully saturated rings. The van der Waals surface area contributed by atoms with E-state index in [-0.39, 0.29) is 0 Å². The van der Waals surface area contributed by atoms with Gasteiger partial charge in [-0.25, -0.2) is 0 Å². The van der Waals surface area contributed by atoms with Gasteiger partial charge in [-0.1, -0.05) is 20.3 Å². The molecule has 0 saturated carbocycles. The Morgan fingerprint density at radius 1 is 1.30 bits per heavy atom. The minimum absolute atomic E-state index is 0.427. The molecule has 0 aromatic rings. The van der Waals surface area contributed by atoms with Crippen LogP contribution in [0.25, 0.3) is 0 Å². The number of hydrogen-bond donors (Lipinski definition) is 0. The van der Waals surface area contributed by atoms with Crippen LogP contribution in [0.15, 0.2) is 0 Å². The Labute approximate surface area is 66.5 Å². The molecule has 0 aliphatic heterocycles. The average molecular weight is 160 g/mol. The maximum absolute atomic E-state index is 5.74. The molecular weight excluding hydrogens is 140 g/mol. The second kappa shape index (κ2) is 4.91. The highest BCUT2D eigenvalue weighted by Gasteiger charge is 2.13. The minimum atomic E-state index is -0.854. The van der Waals surface area contributed by atoms with Crippen LogP contribution in [-0.4, -0.2) is 15.1 Å². The predicted molar refractivity (Wildman–Crippen MR) is 48.9 cm³/mol. The van der Waals surface area contributed by atoms with Crippen LogP contribution in [0.3, 0.4) is 0 Å². The summed E-state index contributed by atoms with van der Waals surface area (Å²) in [5, 5.41) is 0. The summed E-state index contributed by atoms with van der Waals surface area (Å²) < 4.78 is 5.74. The van der Waals surface area contributed by atoms with Crippen LogP contribution in [-0.2, 0) is 4.43 Å². The fraction of sp³-hybridized carbons (Fsp3) is 1.00. The van der Waals surface area contributed by atoms with E-state index in [0.29, 0.717) is 6.10 Å². The van der Waals surface area contributed by atoms with Crippen LogP contribution in [0.2, 0.25) is 12.1 Å². The van der Waals surface area contributed by atoms with E-state index in [1.807, 2.05) is 0 Å². The molecule has 2 atom stereocenters. The van der Waals surface area contributed by atoms with Crippen LogP contribution in [0.4, 0.5) is 0 Å². The summed E-state index contributed by atoms with van der Waals surface area (Å²) in [6, 6.07) is 0. The van der Waals surface area contributed by atoms with Crippen LogP contribution in [0.1, 0.15) is 34.1 Å². The Bertz CT molecular complexity index is 83.3. The quantitative estimate of drug-likeness (QED) is 0.574. The molecule has 0 rings (SSSR count). The molecule has 0 bridgehead atoms. The molecule has 0 aliphatic carbocycles. The van der Waals surface area contributed by atoms with Crippen molar-refractivity contribution >= 4 is 9.04 Å². The largest absolute Gasteiger partial charge is 0.418 e. The third-order valence-electron chi connectivity index (χ3n) is 1.93. The highest BCUT2D eigenvalue weighted by Crippen LogP contribution is 2.15. The van der Waals surface area contributed by atoms with E-state index in [4.69, 9.17) is 4.43 Å². The van der Waals surface area contributed by atoms with Gasteiger partial charge in [-0.3, -0.25) is 0 Å². The monoisotopic (exact) mass is 160 g/mol. The zero-order chi connectivity index (χ0) is 8.15. The lowest BCUT2D eigenvalue weighted by Crippen LogP contribution is -2.22. The van der Waals surface area contributed by atoms with Crippen molar-refractivity contribution in [3.63, 3.8) is 0 Å². The lowest BCUT2D eigenvalue weighted by molar-refractivity contribution is 0.239. The van der Waals surface area contributed by atoms with Gasteiger partial charge >= 0.3 is 0 Å². The summed E-state index contributed by atoms with van der Waals surface area (Å²) in [5.41, 5.74) is 0.822. The van der Waals surface area contributed by atoms with Gasteiger partial charge in [-0.15, -0.1) is 0 Å². The SMILES string of the molecule is CCC(C)[SiH](C)OC(C)C. The average Bonchev–Trinajstić information content (AvgIpc) is 1.85. The van der Waals surface area contributed by atoms with Crippen molar-refractivity contribution in [3.8, 4) is 0 Å². The summed E-state index contributed by atoms with van der Waals surface area (Å²) in [4.78, 5) is 0. The van der Waals surface area contributed by atoms with Crippen molar-refractivity contribution < 1.29 is 4.43 Å². The molecule has 10 heavy (non-hydrogen) atoms. The summed E-state index contributed by atoms with van der Waals surface area (Å²) in [6.45, 7) is 11.0. The van der Waals surface area contributed by atoms with Gasteiger partial charge in [0.2, 0.25) is 0 Å². The predicted octanol–water partition coefficient (Wildman–Crippen LogP) is 2.57. The van der Waals surface area contributed by atoms with E-state index in [1.165, 1.54) is 6.42 Å². The van der Waals surface area contributed by atoms with E-state index in [1.54, 1.807) is 0 Å². The Hall–Kier alpha value is 0.177. The summed E-state index contributed by atoms with van der Waals surface area (Å²) in [6.07, 6.45) is 1.69. The Morgan fingerprint density at radius 3 is 2.10 bits per heavy atom. The fourth-order valence-electron chi connectivity index (χ4n) is 0.895. The highest BCUT2D eigenvalue weighted by atomic mass is 28.3. The zero-order valence-corrected chi connectivity index (χ0v) is 9.00. The third-order valence-corrected chi connectivity index (χ3v) is 4.98. The van der Waals surface area contributed by atoms with Crippen LogP contribution in [0.5, 0.6) is 0 Å². The first-order chi connectivity index (χ1) is 4.57. The molecule has 0 radical (unpaired) electrons. The molecule has 0 aliphatic rings. The van der Waals surface area contributed by atoms with E-state index >= 15 is 0 Å². The first-order valence-electron chi connectivity index (χ1n) is 4.23. The summed E-state index contributed by atoms with van der Waals surface area (Å²) in [7, 11) is -0.854. The van der Waals surface area contributed by atoms with E-state index in [2.05, 4.69) is 34.2 Å². The molecule has 0 aromatic heterocycles. The van der Waals surface area contributed by atoms with E-state index in [0.717, 1.165) is 5.54 Å². The standard InChI is InChI=1S/C8H20OSi/c1-6-8(4)10(5)9-7(2)3/h7-8,10H,6H2,1-5H3. The van der Waals surface area contributed by atoms with Crippen molar-refractivity contribution in [3.05, 3.63) is 0 Å². The minimum Gasteiger partial charge on any atom is -0.418 e. The van der Waals surface area contributed by atoms with Crippen LogP contribution < -0.4 is 0 Å². The van der Waals surface area contributed by atoms with Gasteiger partial charge in [0.1, 0.15) is 0 Å². The molecule has 62 valence electrons. The van der Waals surface area contributed by atoms with Crippen molar-refractivity contribution in [2.75, 3.05) is 0 Å². The van der Waals surface area contributed by atoms with Crippen molar-refractivity contribution in [2.45, 2.75) is 52.3 Å². The Morgan fingerprint density at radius 2 is 1.80 bits per heavy atom. The zero-order valence-electron chi connectivity index (χ0n) is 7.85. The van der Waals surface area contributed by atoms with Gasteiger partial charge in [0.15, 0.2) is 9.04 Å². The van der Waals surface area contributed by atoms with Gasteiger partial charge in [0.25, 0.3) is 0 Å². The Kier molecular flexibility index (Phi) is 5.00. The van der Waals surface area contributed by atoms with Crippen molar-refractivity contribution in [1.29, 1.82) is 0 Å². The molecule has 0 amide bonds. The summed E-state index contributed by atoms with van der Waals surface area (Å²) >= 11 is 0. The van der Waals surface area contributed by atoms with Gasteiger partial charge in [-0.2, -0.15) is 0 Å². The van der Waals surface area contributed by atoms with Gasteiger partial charge < -0.3 is 4.43 Å². The number of hydrogen-bond acceptors (Lipinski definition) is 1. The molecule has 1 nitrogen and oxygen atoms in total. The normalized spacial score (nSPS) is 17.4. The van der Waals surface area contributed by atoms with Crippen LogP contribution in [0, 0.1) is 0 Å². The third kappa shape index (κ3) is 4.07. The molecule has 0 heterocycles. The smallest absolute Gasteiger partial charge is 0.177 e. The van der Waals surface area contributed by atoms with Crippen LogP contribution >= 0.6 is 0 Å². The molecule has 0 spiro atoms. The maximum atomic E-state index is 5.74. The lowest BCUT2D eigenvalue weighted by Gasteiger charge is -2.19. The van der Waals surface area contributed by atoms with E-state index < -0.39 is 9.04 Å². The molecule has 0 N–H and O–H groups in total. The van der Waals surface area contributed by atoms with Crippen molar-refractivity contribution in [1.82, 2.24) is 0 Å². The summed E-state index contributed by atoms with van der Waals surface area (Å²) in [5.74, 6) is 0. The molecule has 2 unspecified atom stereocenters. The molecule has 2 heteroatoms. The second-order valence-corrected chi connectivity index (χ2v) is 6.10. The van der Waals surface area contributed by atoms with Gasteiger partial charge in [-0.05, 0) is 25.9 Å². The fourth-order valence-corrected chi connectivity index (χ4v) is 2.69. The second-order valence-electron chi connectivity index (χ2n) is 3.28. The van der Waals surface area contributed by atoms with Gasteiger partial charge in [0, 0.05) is 6.10 Å². The molecular formula is C8H20OSi. The first kappa shape index (κ1) is 10.2. The number of rotatable bonds is 4.